The van der Waals surface area contributed by atoms with Gasteiger partial charge in [0.15, 0.2) is 6.61 Å². The summed E-state index contributed by atoms with van der Waals surface area (Å²) in [5, 5.41) is 4.91. The minimum absolute atomic E-state index is 0.323. The van der Waals surface area contributed by atoms with Gasteiger partial charge in [-0.2, -0.15) is 0 Å². The van der Waals surface area contributed by atoms with Crippen LogP contribution in [-0.2, 0) is 19.1 Å². The van der Waals surface area contributed by atoms with E-state index in [1.165, 1.54) is 14.2 Å². The van der Waals surface area contributed by atoms with E-state index in [0.29, 0.717) is 24.5 Å². The lowest BCUT2D eigenvalue weighted by Crippen LogP contribution is -2.34. The highest BCUT2D eigenvalue weighted by Crippen LogP contribution is 2.10. The Balaban J connectivity index is 2.26. The van der Waals surface area contributed by atoms with Gasteiger partial charge in [-0.15, -0.1) is 0 Å². The molecule has 0 aliphatic rings. The van der Waals surface area contributed by atoms with Crippen LogP contribution in [0.1, 0.15) is 10.4 Å². The van der Waals surface area contributed by atoms with Crippen molar-refractivity contribution in [3.05, 3.63) is 29.8 Å². The predicted molar refractivity (Wildman–Crippen MR) is 81.2 cm³/mol. The Morgan fingerprint density at radius 1 is 1.04 bits per heavy atom. The third-order valence-electron chi connectivity index (χ3n) is 2.74. The van der Waals surface area contributed by atoms with E-state index in [1.807, 2.05) is 0 Å². The van der Waals surface area contributed by atoms with Gasteiger partial charge in [0, 0.05) is 19.2 Å². The largest absolute Gasteiger partial charge is 0.497 e. The van der Waals surface area contributed by atoms with Crippen LogP contribution in [-0.4, -0.2) is 58.3 Å². The number of carbonyl (C=O) groups excluding carboxylic acids is 3. The maximum absolute atomic E-state index is 11.8. The van der Waals surface area contributed by atoms with E-state index < -0.39 is 24.4 Å². The van der Waals surface area contributed by atoms with Crippen LogP contribution in [0.25, 0.3) is 0 Å². The normalized spacial score (nSPS) is 9.83. The van der Waals surface area contributed by atoms with Crippen molar-refractivity contribution in [2.45, 2.75) is 0 Å². The molecule has 0 fully saturated rings. The molecule has 0 atom stereocenters. The van der Waals surface area contributed by atoms with Crippen molar-refractivity contribution in [2.75, 3.05) is 40.5 Å². The quantitative estimate of drug-likeness (QED) is 0.479. The zero-order valence-electron chi connectivity index (χ0n) is 13.1. The first-order chi connectivity index (χ1) is 11.1. The number of benzene rings is 1. The second-order valence-corrected chi connectivity index (χ2v) is 4.41. The van der Waals surface area contributed by atoms with Gasteiger partial charge in [-0.25, -0.2) is 0 Å². The molecule has 1 aromatic rings. The summed E-state index contributed by atoms with van der Waals surface area (Å²) < 4.78 is 14.5. The number of rotatable bonds is 9. The first-order valence-corrected chi connectivity index (χ1v) is 6.90. The van der Waals surface area contributed by atoms with Gasteiger partial charge in [0.25, 0.3) is 11.8 Å². The first kappa shape index (κ1) is 18.4. The van der Waals surface area contributed by atoms with E-state index >= 15 is 0 Å². The molecule has 0 aliphatic heterocycles. The van der Waals surface area contributed by atoms with Gasteiger partial charge in [-0.1, -0.05) is 0 Å². The van der Waals surface area contributed by atoms with E-state index in [1.54, 1.807) is 24.3 Å². The second kappa shape index (κ2) is 10.2. The van der Waals surface area contributed by atoms with E-state index in [9.17, 15) is 14.4 Å². The lowest BCUT2D eigenvalue weighted by atomic mass is 10.2. The SMILES string of the molecule is COCCNC(=O)COC(=O)CNC(=O)c1ccc(OC)cc1. The maximum Gasteiger partial charge on any atom is 0.325 e. The van der Waals surface area contributed by atoms with Crippen LogP contribution in [0, 0.1) is 0 Å². The molecular formula is C15H20N2O6. The van der Waals surface area contributed by atoms with Crippen LogP contribution in [0.2, 0.25) is 0 Å². The Morgan fingerprint density at radius 2 is 1.74 bits per heavy atom. The summed E-state index contributed by atoms with van der Waals surface area (Å²) in [5.41, 5.74) is 0.385. The third kappa shape index (κ3) is 7.28. The minimum Gasteiger partial charge on any atom is -0.497 e. The molecule has 0 aliphatic carbocycles. The molecular weight excluding hydrogens is 304 g/mol. The highest BCUT2D eigenvalue weighted by atomic mass is 16.5. The summed E-state index contributed by atoms with van der Waals surface area (Å²) in [6.07, 6.45) is 0. The van der Waals surface area contributed by atoms with Crippen LogP contribution in [0.3, 0.4) is 0 Å². The molecule has 1 rings (SSSR count). The van der Waals surface area contributed by atoms with E-state index in [-0.39, 0.29) is 6.54 Å². The second-order valence-electron chi connectivity index (χ2n) is 4.41. The van der Waals surface area contributed by atoms with E-state index in [2.05, 4.69) is 10.6 Å². The van der Waals surface area contributed by atoms with E-state index in [4.69, 9.17) is 14.2 Å². The van der Waals surface area contributed by atoms with Crippen LogP contribution in [0.15, 0.2) is 24.3 Å². The predicted octanol–water partition coefficient (Wildman–Crippen LogP) is -0.269. The van der Waals surface area contributed by atoms with Gasteiger partial charge in [-0.3, -0.25) is 14.4 Å². The molecule has 0 spiro atoms. The lowest BCUT2D eigenvalue weighted by Gasteiger charge is -2.07. The summed E-state index contributed by atoms with van der Waals surface area (Å²) in [6.45, 7) is -0.0180. The van der Waals surface area contributed by atoms with Crippen molar-refractivity contribution in [2.24, 2.45) is 0 Å². The molecule has 0 saturated carbocycles. The number of hydrogen-bond donors (Lipinski definition) is 2. The van der Waals surface area contributed by atoms with E-state index in [0.717, 1.165) is 0 Å². The molecule has 0 heterocycles. The van der Waals surface area contributed by atoms with Crippen molar-refractivity contribution in [3.8, 4) is 5.75 Å². The fourth-order valence-electron chi connectivity index (χ4n) is 1.54. The highest BCUT2D eigenvalue weighted by molar-refractivity contribution is 5.96. The van der Waals surface area contributed by atoms with Crippen molar-refractivity contribution in [1.29, 1.82) is 0 Å². The molecule has 23 heavy (non-hydrogen) atoms. The molecule has 0 bridgehead atoms. The Bertz CT molecular complexity index is 529. The molecule has 0 aromatic heterocycles. The molecule has 2 amide bonds. The van der Waals surface area contributed by atoms with Crippen LogP contribution in [0.5, 0.6) is 5.75 Å². The lowest BCUT2D eigenvalue weighted by molar-refractivity contribution is -0.147. The van der Waals surface area contributed by atoms with Crippen molar-refractivity contribution in [1.82, 2.24) is 10.6 Å². The fourth-order valence-corrected chi connectivity index (χ4v) is 1.54. The first-order valence-electron chi connectivity index (χ1n) is 6.90. The summed E-state index contributed by atoms with van der Waals surface area (Å²) >= 11 is 0. The molecule has 126 valence electrons. The number of hydrogen-bond acceptors (Lipinski definition) is 6. The number of nitrogens with one attached hydrogen (secondary N) is 2. The topological polar surface area (TPSA) is 103 Å². The molecule has 0 saturated heterocycles. The average molecular weight is 324 g/mol. The van der Waals surface area contributed by atoms with Gasteiger partial charge in [0.1, 0.15) is 12.3 Å². The molecule has 0 radical (unpaired) electrons. The Morgan fingerprint density at radius 3 is 2.35 bits per heavy atom. The van der Waals surface area contributed by atoms with Crippen LogP contribution >= 0.6 is 0 Å². The van der Waals surface area contributed by atoms with Crippen molar-refractivity contribution in [3.63, 3.8) is 0 Å². The smallest absolute Gasteiger partial charge is 0.325 e. The highest BCUT2D eigenvalue weighted by Gasteiger charge is 2.10. The number of amides is 2. The number of methoxy groups -OCH3 is 2. The molecule has 0 unspecified atom stereocenters. The molecule has 2 N–H and O–H groups in total. The molecule has 1 aromatic carbocycles. The minimum atomic E-state index is -0.700. The van der Waals surface area contributed by atoms with Gasteiger partial charge in [-0.05, 0) is 24.3 Å². The summed E-state index contributed by atoms with van der Waals surface area (Å²) in [5.74, 6) is -0.930. The third-order valence-corrected chi connectivity index (χ3v) is 2.74. The van der Waals surface area contributed by atoms with Crippen molar-refractivity contribution >= 4 is 17.8 Å². The van der Waals surface area contributed by atoms with Gasteiger partial charge in [0.2, 0.25) is 0 Å². The Kier molecular flexibility index (Phi) is 8.16. The monoisotopic (exact) mass is 324 g/mol. The van der Waals surface area contributed by atoms with Crippen LogP contribution < -0.4 is 15.4 Å². The number of esters is 1. The summed E-state index contributed by atoms with van der Waals surface area (Å²) in [4.78, 5) is 34.6. The number of ether oxygens (including phenoxy) is 3. The maximum atomic E-state index is 11.8. The zero-order valence-corrected chi connectivity index (χ0v) is 13.1. The van der Waals surface area contributed by atoms with Crippen LogP contribution in [0.4, 0.5) is 0 Å². The Labute approximate surface area is 134 Å². The summed E-state index contributed by atoms with van der Waals surface area (Å²) in [6, 6.07) is 6.42. The van der Waals surface area contributed by atoms with Gasteiger partial charge >= 0.3 is 5.97 Å². The standard InChI is InChI=1S/C15H20N2O6/c1-21-8-7-16-13(18)10-23-14(19)9-17-15(20)11-3-5-12(22-2)6-4-11/h3-6H,7-10H2,1-2H3,(H,16,18)(H,17,20). The molecule has 8 nitrogen and oxygen atoms in total. The average Bonchev–Trinajstić information content (AvgIpc) is 2.58. The van der Waals surface area contributed by atoms with Gasteiger partial charge < -0.3 is 24.8 Å². The molecule has 8 heteroatoms. The van der Waals surface area contributed by atoms with Crippen molar-refractivity contribution < 1.29 is 28.6 Å². The Hall–Kier alpha value is -2.61. The number of carbonyl (C=O) groups is 3. The van der Waals surface area contributed by atoms with Gasteiger partial charge in [0.05, 0.1) is 13.7 Å². The zero-order chi connectivity index (χ0) is 17.1. The fraction of sp³-hybridized carbons (Fsp3) is 0.400. The summed E-state index contributed by atoms with van der Waals surface area (Å²) in [7, 11) is 3.04.